The molecule has 3 aliphatic rings. The lowest BCUT2D eigenvalue weighted by Crippen LogP contribution is -2.48. The average Bonchev–Trinajstić information content (AvgIpc) is 2.89. The van der Waals surface area contributed by atoms with Gasteiger partial charge in [-0.2, -0.15) is 0 Å². The summed E-state index contributed by atoms with van der Waals surface area (Å²) in [7, 11) is 3.78. The molecule has 35 heavy (non-hydrogen) atoms. The Labute approximate surface area is 205 Å². The molecule has 0 saturated carbocycles. The van der Waals surface area contributed by atoms with Crippen LogP contribution in [0.5, 0.6) is 11.5 Å². The third kappa shape index (κ3) is 4.96. The Morgan fingerprint density at radius 3 is 2.57 bits per heavy atom. The van der Waals surface area contributed by atoms with Gasteiger partial charge in [0.2, 0.25) is 5.91 Å². The largest absolute Gasteiger partial charge is 0.497 e. The zero-order chi connectivity index (χ0) is 24.4. The van der Waals surface area contributed by atoms with E-state index in [-0.39, 0.29) is 17.6 Å². The molecule has 2 amide bonds. The molecular weight excluding hydrogens is 446 g/mol. The lowest BCUT2D eigenvalue weighted by Gasteiger charge is -2.36. The second kappa shape index (κ2) is 9.97. The van der Waals surface area contributed by atoms with Crippen molar-refractivity contribution in [1.82, 2.24) is 10.2 Å². The van der Waals surface area contributed by atoms with Crippen molar-refractivity contribution >= 4 is 28.9 Å². The second-order valence-corrected chi connectivity index (χ2v) is 9.02. The Balaban J connectivity index is 1.30. The van der Waals surface area contributed by atoms with Crippen molar-refractivity contribution in [2.45, 2.75) is 6.42 Å². The van der Waals surface area contributed by atoms with Crippen LogP contribution in [0.15, 0.2) is 48.2 Å². The molecule has 0 aromatic heterocycles. The van der Waals surface area contributed by atoms with E-state index in [1.54, 1.807) is 30.2 Å². The number of hydrogen-bond acceptors (Lipinski definition) is 7. The van der Waals surface area contributed by atoms with Crippen LogP contribution in [0.25, 0.3) is 0 Å². The summed E-state index contributed by atoms with van der Waals surface area (Å²) in [4.78, 5) is 31.5. The van der Waals surface area contributed by atoms with Crippen LogP contribution in [0.4, 0.5) is 17.1 Å². The maximum absolute atomic E-state index is 13.0. The zero-order valence-electron chi connectivity index (χ0n) is 20.2. The highest BCUT2D eigenvalue weighted by atomic mass is 16.5. The molecule has 9 heteroatoms. The van der Waals surface area contributed by atoms with Crippen LogP contribution < -0.4 is 29.9 Å². The number of rotatable bonds is 5. The van der Waals surface area contributed by atoms with Gasteiger partial charge in [-0.3, -0.25) is 9.59 Å². The molecule has 3 heterocycles. The lowest BCUT2D eigenvalue weighted by atomic mass is 10.0. The molecule has 0 spiro atoms. The summed E-state index contributed by atoms with van der Waals surface area (Å²) in [5, 5.41) is 5.99. The number of anilines is 3. The van der Waals surface area contributed by atoms with Crippen LogP contribution in [-0.2, 0) is 16.0 Å². The van der Waals surface area contributed by atoms with Crippen LogP contribution >= 0.6 is 0 Å². The third-order valence-electron chi connectivity index (χ3n) is 6.67. The van der Waals surface area contributed by atoms with E-state index in [9.17, 15) is 9.59 Å². The first kappa shape index (κ1) is 23.2. The normalized spacial score (nSPS) is 18.5. The van der Waals surface area contributed by atoms with Crippen LogP contribution in [0.3, 0.4) is 0 Å². The number of nitrogens with one attached hydrogen (secondary N) is 2. The van der Waals surface area contributed by atoms with Gasteiger partial charge >= 0.3 is 0 Å². The van der Waals surface area contributed by atoms with E-state index in [1.165, 1.54) is 0 Å². The molecule has 3 aliphatic heterocycles. The maximum Gasteiger partial charge on any atom is 0.291 e. The minimum atomic E-state index is -0.304. The molecule has 2 saturated heterocycles. The summed E-state index contributed by atoms with van der Waals surface area (Å²) in [6, 6.07) is 11.3. The van der Waals surface area contributed by atoms with Gasteiger partial charge in [0.1, 0.15) is 5.75 Å². The predicted molar refractivity (Wildman–Crippen MR) is 135 cm³/mol. The van der Waals surface area contributed by atoms with Crippen molar-refractivity contribution in [2.24, 2.45) is 0 Å². The van der Waals surface area contributed by atoms with Crippen LogP contribution in [-0.4, -0.2) is 76.7 Å². The van der Waals surface area contributed by atoms with Gasteiger partial charge in [-0.25, -0.2) is 0 Å². The van der Waals surface area contributed by atoms with Crippen molar-refractivity contribution in [3.8, 4) is 11.5 Å². The van der Waals surface area contributed by atoms with Crippen molar-refractivity contribution in [3.05, 3.63) is 53.8 Å². The van der Waals surface area contributed by atoms with E-state index in [1.807, 2.05) is 24.3 Å². The van der Waals surface area contributed by atoms with E-state index < -0.39 is 0 Å². The highest BCUT2D eigenvalue weighted by Crippen LogP contribution is 2.40. The number of allylic oxidation sites excluding steroid dienone is 1. The van der Waals surface area contributed by atoms with Crippen molar-refractivity contribution in [2.75, 3.05) is 75.1 Å². The first-order valence-electron chi connectivity index (χ1n) is 12.0. The number of nitrogens with zero attached hydrogens (tertiary/aromatic N) is 3. The number of fused-ring (bicyclic) bond motifs is 1. The van der Waals surface area contributed by atoms with Gasteiger partial charge in [0.05, 0.1) is 19.3 Å². The van der Waals surface area contributed by atoms with Gasteiger partial charge in [-0.1, -0.05) is 0 Å². The number of likely N-dealkylation sites (N-methyl/N-ethyl adjacent to an activating group) is 1. The smallest absolute Gasteiger partial charge is 0.291 e. The maximum atomic E-state index is 13.0. The molecule has 2 fully saturated rings. The molecule has 0 atom stereocenters. The van der Waals surface area contributed by atoms with Gasteiger partial charge in [0.15, 0.2) is 11.5 Å². The number of ether oxygens (including phenoxy) is 2. The summed E-state index contributed by atoms with van der Waals surface area (Å²) in [6.07, 6.45) is 2.39. The molecule has 0 unspecified atom stereocenters. The fourth-order valence-electron chi connectivity index (χ4n) is 4.60. The zero-order valence-corrected chi connectivity index (χ0v) is 20.2. The van der Waals surface area contributed by atoms with Crippen molar-refractivity contribution in [1.29, 1.82) is 0 Å². The number of hydrogen-bond donors (Lipinski definition) is 2. The monoisotopic (exact) mass is 477 g/mol. The van der Waals surface area contributed by atoms with E-state index in [0.717, 1.165) is 61.2 Å². The SMILES string of the molecule is COc1cc2c(c(N3CCN(C)CC3)c1)OC(C(=O)Nc1ccc(N3CCNCC3=O)cc1)=CC2. The predicted octanol–water partition coefficient (Wildman–Crippen LogP) is 1.84. The number of benzene rings is 2. The molecule has 9 nitrogen and oxygen atoms in total. The molecule has 0 aliphatic carbocycles. The fraction of sp³-hybridized carbons (Fsp3) is 0.385. The molecule has 184 valence electrons. The molecule has 2 N–H and O–H groups in total. The highest BCUT2D eigenvalue weighted by molar-refractivity contribution is 6.03. The van der Waals surface area contributed by atoms with E-state index in [2.05, 4.69) is 27.5 Å². The van der Waals surface area contributed by atoms with Crippen LogP contribution in [0.2, 0.25) is 0 Å². The topological polar surface area (TPSA) is 86.4 Å². The van der Waals surface area contributed by atoms with E-state index >= 15 is 0 Å². The van der Waals surface area contributed by atoms with Gasteiger partial charge in [0, 0.05) is 62.3 Å². The molecule has 5 rings (SSSR count). The average molecular weight is 478 g/mol. The lowest BCUT2D eigenvalue weighted by molar-refractivity contribution is -0.118. The molecule has 2 aromatic rings. The summed E-state index contributed by atoms with van der Waals surface area (Å²) < 4.78 is 11.7. The van der Waals surface area contributed by atoms with Gasteiger partial charge in [0.25, 0.3) is 5.91 Å². The summed E-state index contributed by atoms with van der Waals surface area (Å²) in [6.45, 7) is 5.42. The summed E-state index contributed by atoms with van der Waals surface area (Å²) >= 11 is 0. The fourth-order valence-corrected chi connectivity index (χ4v) is 4.60. The Morgan fingerprint density at radius 1 is 1.09 bits per heavy atom. The van der Waals surface area contributed by atoms with Crippen LogP contribution in [0, 0.1) is 0 Å². The van der Waals surface area contributed by atoms with E-state index in [0.29, 0.717) is 25.2 Å². The van der Waals surface area contributed by atoms with Gasteiger partial charge in [-0.15, -0.1) is 0 Å². The van der Waals surface area contributed by atoms with Crippen molar-refractivity contribution in [3.63, 3.8) is 0 Å². The number of carbonyl (C=O) groups is 2. The molecule has 2 aromatic carbocycles. The Kier molecular flexibility index (Phi) is 6.61. The second-order valence-electron chi connectivity index (χ2n) is 9.02. The first-order chi connectivity index (χ1) is 17.0. The quantitative estimate of drug-likeness (QED) is 0.680. The first-order valence-corrected chi connectivity index (χ1v) is 12.0. The Morgan fingerprint density at radius 2 is 1.86 bits per heavy atom. The minimum Gasteiger partial charge on any atom is -0.497 e. The Hall–Kier alpha value is -3.56. The number of carbonyl (C=O) groups excluding carboxylic acids is 2. The van der Waals surface area contributed by atoms with Crippen LogP contribution in [0.1, 0.15) is 5.56 Å². The van der Waals surface area contributed by atoms with Gasteiger partial charge in [-0.05, 0) is 49.9 Å². The molecule has 0 radical (unpaired) electrons. The Bertz CT molecular complexity index is 1140. The minimum absolute atomic E-state index is 0.0419. The highest BCUT2D eigenvalue weighted by Gasteiger charge is 2.27. The number of amides is 2. The third-order valence-corrected chi connectivity index (χ3v) is 6.67. The number of methoxy groups -OCH3 is 1. The van der Waals surface area contributed by atoms with Crippen molar-refractivity contribution < 1.29 is 19.1 Å². The molecular formula is C26H31N5O4. The van der Waals surface area contributed by atoms with E-state index in [4.69, 9.17) is 9.47 Å². The number of piperazine rings is 2. The molecule has 0 bridgehead atoms. The van der Waals surface area contributed by atoms with Gasteiger partial charge < -0.3 is 34.8 Å². The summed E-state index contributed by atoms with van der Waals surface area (Å²) in [5.41, 5.74) is 3.42. The standard InChI is InChI=1S/C26H31N5O4/c1-29-11-13-30(14-12-29)22-16-21(34-2)15-18-3-8-23(35-25(18)22)26(33)28-19-4-6-20(7-5-19)31-10-9-27-17-24(31)32/h4-8,15-16,27H,3,9-14,17H2,1-2H3,(H,28,33). The summed E-state index contributed by atoms with van der Waals surface area (Å²) in [5.74, 6) is 1.52.